The van der Waals surface area contributed by atoms with Gasteiger partial charge in [0.1, 0.15) is 5.78 Å². The number of Topliss-reactive ketones (excluding diaryl/α,β-unsaturated/α-hetero) is 1. The van der Waals surface area contributed by atoms with Crippen LogP contribution in [0.2, 0.25) is 0 Å². The first-order valence-corrected chi connectivity index (χ1v) is 25.5. The molecule has 0 fully saturated rings. The zero-order chi connectivity index (χ0) is 47.7. The Morgan fingerprint density at radius 2 is 0.609 bits per heavy atom. The molecule has 0 aliphatic carbocycles. The first-order chi connectivity index (χ1) is 31.0. The molecule has 3 N–H and O–H groups in total. The molecule has 0 heterocycles. The molecule has 0 rings (SSSR count). The van der Waals surface area contributed by atoms with Crippen LogP contribution >= 0.6 is 0 Å². The molecule has 0 aromatic rings. The maximum atomic E-state index is 11.0. The predicted molar refractivity (Wildman–Crippen MR) is 273 cm³/mol. The molecule has 0 aliphatic heterocycles. The van der Waals surface area contributed by atoms with Gasteiger partial charge in [-0.15, -0.1) is 0 Å². The van der Waals surface area contributed by atoms with Crippen LogP contribution in [0.5, 0.6) is 0 Å². The summed E-state index contributed by atoms with van der Waals surface area (Å²) in [5.74, 6) is -0.468. The molecule has 0 bridgehead atoms. The second-order valence-electron chi connectivity index (χ2n) is 17.3. The van der Waals surface area contributed by atoms with Crippen molar-refractivity contribution in [2.45, 2.75) is 214 Å². The Morgan fingerprint density at radius 1 is 0.344 bits per heavy atom. The van der Waals surface area contributed by atoms with E-state index >= 15 is 0 Å². The van der Waals surface area contributed by atoms with Gasteiger partial charge in [-0.05, 0) is 120 Å². The van der Waals surface area contributed by atoms with E-state index in [1.807, 2.05) is 12.2 Å². The van der Waals surface area contributed by atoms with Crippen molar-refractivity contribution in [3.05, 3.63) is 97.2 Å². The molecule has 0 aromatic heterocycles. The lowest BCUT2D eigenvalue weighted by Gasteiger charge is -2.22. The molecule has 0 saturated carbocycles. The molecular formula is C57H94O7. The van der Waals surface area contributed by atoms with Crippen molar-refractivity contribution in [2.24, 2.45) is 23.7 Å². The number of allylic oxidation sites excluding steroid dienone is 16. The first-order valence-electron chi connectivity index (χ1n) is 25.5. The van der Waals surface area contributed by atoms with Crippen molar-refractivity contribution in [3.8, 4) is 0 Å². The third-order valence-electron chi connectivity index (χ3n) is 11.3. The molecule has 0 aliphatic rings. The van der Waals surface area contributed by atoms with E-state index in [9.17, 15) is 19.2 Å². The van der Waals surface area contributed by atoms with Crippen LogP contribution < -0.4 is 0 Å². The average molecular weight is 891 g/mol. The van der Waals surface area contributed by atoms with Gasteiger partial charge in [-0.25, -0.2) is 0 Å². The fraction of sp³-hybridized carbons (Fsp3) is 0.649. The van der Waals surface area contributed by atoms with Crippen LogP contribution in [-0.4, -0.2) is 39.0 Å². The second kappa shape index (κ2) is 48.5. The van der Waals surface area contributed by atoms with Crippen LogP contribution in [0.15, 0.2) is 97.2 Å². The topological polar surface area (TPSA) is 129 Å². The van der Waals surface area contributed by atoms with E-state index < -0.39 is 17.9 Å². The van der Waals surface area contributed by atoms with Crippen molar-refractivity contribution >= 4 is 23.7 Å². The SMILES string of the molecule is CCCCC/C=C/C=C/C(CCCC(=O)O)C(/C=C/C=C/CCCC(C)=O)CCCCC.CCCCC/C=C\C=C\C(CCCC(=O)O)C(/C=C/C=C/CCCC(=O)O)CCCCC. The Bertz CT molecular complexity index is 1270. The summed E-state index contributed by atoms with van der Waals surface area (Å²) in [6.07, 6.45) is 61.5. The van der Waals surface area contributed by atoms with Crippen molar-refractivity contribution in [3.63, 3.8) is 0 Å². The van der Waals surface area contributed by atoms with Gasteiger partial charge in [-0.3, -0.25) is 14.4 Å². The highest BCUT2D eigenvalue weighted by Crippen LogP contribution is 2.29. The van der Waals surface area contributed by atoms with Gasteiger partial charge in [-0.2, -0.15) is 0 Å². The van der Waals surface area contributed by atoms with E-state index in [0.29, 0.717) is 49.4 Å². The molecule has 0 saturated heterocycles. The largest absolute Gasteiger partial charge is 0.481 e. The number of rotatable bonds is 42. The summed E-state index contributed by atoms with van der Waals surface area (Å²) in [6, 6.07) is 0. The number of hydrogen-bond donors (Lipinski definition) is 3. The van der Waals surface area contributed by atoms with E-state index in [0.717, 1.165) is 57.8 Å². The Kier molecular flexibility index (Phi) is 47.0. The van der Waals surface area contributed by atoms with Crippen LogP contribution in [0.1, 0.15) is 214 Å². The first kappa shape index (κ1) is 62.1. The maximum Gasteiger partial charge on any atom is 0.303 e. The van der Waals surface area contributed by atoms with Crippen molar-refractivity contribution < 1.29 is 34.5 Å². The summed E-state index contributed by atoms with van der Waals surface area (Å²) in [4.78, 5) is 43.6. The van der Waals surface area contributed by atoms with Crippen molar-refractivity contribution in [2.75, 3.05) is 0 Å². The molecular weight excluding hydrogens is 797 g/mol. The summed E-state index contributed by atoms with van der Waals surface area (Å²) in [7, 11) is 0. The quantitative estimate of drug-likeness (QED) is 0.0411. The van der Waals surface area contributed by atoms with Crippen molar-refractivity contribution in [1.29, 1.82) is 0 Å². The van der Waals surface area contributed by atoms with Gasteiger partial charge in [0, 0.05) is 25.7 Å². The number of carboxylic acids is 3. The monoisotopic (exact) mass is 891 g/mol. The number of unbranched alkanes of at least 4 members (excludes halogenated alkanes) is 12. The minimum absolute atomic E-state index is 0.204. The third-order valence-corrected chi connectivity index (χ3v) is 11.3. The zero-order valence-corrected chi connectivity index (χ0v) is 41.3. The van der Waals surface area contributed by atoms with Gasteiger partial charge in [0.15, 0.2) is 0 Å². The molecule has 0 amide bonds. The van der Waals surface area contributed by atoms with Crippen molar-refractivity contribution in [1.82, 2.24) is 0 Å². The van der Waals surface area contributed by atoms with E-state index in [4.69, 9.17) is 15.3 Å². The van der Waals surface area contributed by atoms with E-state index in [-0.39, 0.29) is 25.0 Å². The minimum Gasteiger partial charge on any atom is -0.481 e. The number of ketones is 1. The van der Waals surface area contributed by atoms with E-state index in [1.54, 1.807) is 6.92 Å². The lowest BCUT2D eigenvalue weighted by atomic mass is 9.83. The molecule has 4 atom stereocenters. The second-order valence-corrected chi connectivity index (χ2v) is 17.3. The molecule has 4 unspecified atom stereocenters. The number of hydrogen-bond acceptors (Lipinski definition) is 4. The molecule has 0 spiro atoms. The highest BCUT2D eigenvalue weighted by Gasteiger charge is 2.18. The molecule has 364 valence electrons. The molecule has 7 heteroatoms. The minimum atomic E-state index is -0.750. The number of carbonyl (C=O) groups is 4. The predicted octanol–water partition coefficient (Wildman–Crippen LogP) is 16.7. The van der Waals surface area contributed by atoms with Crippen LogP contribution in [0, 0.1) is 23.7 Å². The Labute approximate surface area is 392 Å². The highest BCUT2D eigenvalue weighted by molar-refractivity contribution is 5.75. The summed E-state index contributed by atoms with van der Waals surface area (Å²) in [5, 5.41) is 26.8. The highest BCUT2D eigenvalue weighted by atomic mass is 16.4. The lowest BCUT2D eigenvalue weighted by Crippen LogP contribution is -2.12. The number of aliphatic carboxylic acids is 3. The van der Waals surface area contributed by atoms with Gasteiger partial charge >= 0.3 is 17.9 Å². The van der Waals surface area contributed by atoms with E-state index in [2.05, 4.69) is 113 Å². The number of carboxylic acid groups (broad SMARTS) is 3. The Balaban J connectivity index is 0. The third kappa shape index (κ3) is 46.0. The maximum absolute atomic E-state index is 11.0. The lowest BCUT2D eigenvalue weighted by molar-refractivity contribution is -0.138. The zero-order valence-electron chi connectivity index (χ0n) is 41.3. The summed E-state index contributed by atoms with van der Waals surface area (Å²) in [6.45, 7) is 10.5. The molecule has 0 radical (unpaired) electrons. The average Bonchev–Trinajstić information content (AvgIpc) is 3.25. The van der Waals surface area contributed by atoms with Gasteiger partial charge < -0.3 is 20.1 Å². The smallest absolute Gasteiger partial charge is 0.303 e. The molecule has 7 nitrogen and oxygen atoms in total. The van der Waals surface area contributed by atoms with Gasteiger partial charge in [0.2, 0.25) is 0 Å². The normalized spacial score (nSPS) is 14.2. The van der Waals surface area contributed by atoms with Crippen LogP contribution in [0.3, 0.4) is 0 Å². The summed E-state index contributed by atoms with van der Waals surface area (Å²) < 4.78 is 0. The van der Waals surface area contributed by atoms with Gasteiger partial charge in [-0.1, -0.05) is 189 Å². The fourth-order valence-corrected chi connectivity index (χ4v) is 7.44. The Morgan fingerprint density at radius 3 is 0.906 bits per heavy atom. The number of carbonyl (C=O) groups excluding carboxylic acids is 1. The molecule has 0 aromatic carbocycles. The summed E-state index contributed by atoms with van der Waals surface area (Å²) >= 11 is 0. The van der Waals surface area contributed by atoms with Crippen LogP contribution in [-0.2, 0) is 19.2 Å². The van der Waals surface area contributed by atoms with E-state index in [1.165, 1.54) is 77.0 Å². The van der Waals surface area contributed by atoms with Gasteiger partial charge in [0.05, 0.1) is 0 Å². The molecule has 64 heavy (non-hydrogen) atoms. The standard InChI is InChI=1S/C29H48O3.C28H46O4/c1-4-6-8-9-10-13-17-23-28(24-19-25-29(31)32)27(21-15-7-5-2)22-18-14-11-12-16-20-26(3)30;1-3-5-7-8-9-11-15-21-26(22-18-24-28(31)32)25(19-14-6-4-2)20-16-12-10-13-17-23-27(29)30/h10-11,13-14,17-18,22-23,27-28H,4-9,12,15-16,19-21,24-25H2,1-3H3,(H,31,32);9-12,15-16,20-21,25-26H,3-8,13-14,17-19,22-24H2,1-2H3,(H,29,30)(H,31,32)/b13-10+,14-11+,22-18+,23-17+;11-9-,12-10+,20-16+,21-15+. The van der Waals surface area contributed by atoms with Crippen LogP contribution in [0.25, 0.3) is 0 Å². The Hall–Kier alpha value is -4.00. The fourth-order valence-electron chi connectivity index (χ4n) is 7.44. The van der Waals surface area contributed by atoms with Crippen LogP contribution in [0.4, 0.5) is 0 Å². The van der Waals surface area contributed by atoms with Gasteiger partial charge in [0.25, 0.3) is 0 Å². The summed E-state index contributed by atoms with van der Waals surface area (Å²) in [5.41, 5.74) is 0.